The number of rotatable bonds is 4. The summed E-state index contributed by atoms with van der Waals surface area (Å²) in [4.78, 5) is 13.7. The van der Waals surface area contributed by atoms with Crippen molar-refractivity contribution in [3.63, 3.8) is 0 Å². The van der Waals surface area contributed by atoms with E-state index < -0.39 is 0 Å². The zero-order valence-corrected chi connectivity index (χ0v) is 12.8. The van der Waals surface area contributed by atoms with Gasteiger partial charge in [0.05, 0.1) is 5.56 Å². The number of thiophene rings is 1. The fourth-order valence-corrected chi connectivity index (χ4v) is 3.91. The highest BCUT2D eigenvalue weighted by Gasteiger charge is 2.19. The molecule has 2 aromatic rings. The maximum Gasteiger partial charge on any atom is 0.252 e. The van der Waals surface area contributed by atoms with Gasteiger partial charge in [0.1, 0.15) is 0 Å². The number of anilines is 1. The van der Waals surface area contributed by atoms with Crippen LogP contribution < -0.4 is 11.1 Å². The van der Waals surface area contributed by atoms with Crippen LogP contribution in [0.25, 0.3) is 0 Å². The van der Waals surface area contributed by atoms with Crippen molar-refractivity contribution in [1.29, 1.82) is 0 Å². The van der Waals surface area contributed by atoms with E-state index in [4.69, 9.17) is 5.73 Å². The predicted octanol–water partition coefficient (Wildman–Crippen LogP) is 3.18. The highest BCUT2D eigenvalue weighted by atomic mass is 32.1. The topological polar surface area (TPSA) is 55.1 Å². The van der Waals surface area contributed by atoms with Crippen molar-refractivity contribution in [2.24, 2.45) is 0 Å². The Morgan fingerprint density at radius 3 is 2.76 bits per heavy atom. The first kappa shape index (κ1) is 14.1. The minimum absolute atomic E-state index is 0.0739. The molecule has 0 atom stereocenters. The maximum atomic E-state index is 12.3. The van der Waals surface area contributed by atoms with E-state index in [1.54, 1.807) is 11.3 Å². The first-order valence-electron chi connectivity index (χ1n) is 7.46. The molecule has 0 unspecified atom stereocenters. The maximum absolute atomic E-state index is 12.3. The van der Waals surface area contributed by atoms with Crippen molar-refractivity contribution in [3.8, 4) is 0 Å². The Labute approximate surface area is 129 Å². The van der Waals surface area contributed by atoms with Crippen LogP contribution in [-0.4, -0.2) is 12.5 Å². The molecular weight excluding hydrogens is 280 g/mol. The standard InChI is InChI=1S/C17H20N2OS/c18-13-7-5-12(6-8-13)9-10-19-17(20)15-11-21-16-4-2-1-3-14(15)16/h5-8,11H,1-4,9-10,18H2,(H,19,20). The SMILES string of the molecule is Nc1ccc(CCNC(=O)c2csc3c2CCCC3)cc1. The molecule has 0 spiro atoms. The van der Waals surface area contributed by atoms with E-state index >= 15 is 0 Å². The van der Waals surface area contributed by atoms with Crippen molar-refractivity contribution in [2.75, 3.05) is 12.3 Å². The smallest absolute Gasteiger partial charge is 0.252 e. The van der Waals surface area contributed by atoms with Crippen LogP contribution >= 0.6 is 11.3 Å². The first-order chi connectivity index (χ1) is 10.2. The van der Waals surface area contributed by atoms with Gasteiger partial charge in [0, 0.05) is 22.5 Å². The average molecular weight is 300 g/mol. The number of hydrogen-bond donors (Lipinski definition) is 2. The van der Waals surface area contributed by atoms with Crippen LogP contribution in [0.15, 0.2) is 29.6 Å². The van der Waals surface area contributed by atoms with Crippen LogP contribution in [0, 0.1) is 0 Å². The minimum atomic E-state index is 0.0739. The van der Waals surface area contributed by atoms with Crippen LogP contribution in [0.2, 0.25) is 0 Å². The van der Waals surface area contributed by atoms with Gasteiger partial charge in [-0.05, 0) is 55.4 Å². The number of nitrogen functional groups attached to an aromatic ring is 1. The van der Waals surface area contributed by atoms with E-state index in [0.29, 0.717) is 6.54 Å². The molecule has 1 aromatic heterocycles. The molecule has 1 amide bonds. The van der Waals surface area contributed by atoms with Crippen LogP contribution in [0.1, 0.15) is 39.2 Å². The van der Waals surface area contributed by atoms with Gasteiger partial charge in [-0.15, -0.1) is 11.3 Å². The van der Waals surface area contributed by atoms with Crippen molar-refractivity contribution in [2.45, 2.75) is 32.1 Å². The molecule has 0 bridgehead atoms. The molecule has 3 nitrogen and oxygen atoms in total. The lowest BCUT2D eigenvalue weighted by Crippen LogP contribution is -2.26. The van der Waals surface area contributed by atoms with Gasteiger partial charge in [0.25, 0.3) is 5.91 Å². The Morgan fingerprint density at radius 2 is 1.95 bits per heavy atom. The predicted molar refractivity (Wildman–Crippen MR) is 87.9 cm³/mol. The number of benzene rings is 1. The first-order valence-corrected chi connectivity index (χ1v) is 8.34. The molecule has 0 radical (unpaired) electrons. The number of carbonyl (C=O) groups excluding carboxylic acids is 1. The van der Waals surface area contributed by atoms with Gasteiger partial charge in [-0.1, -0.05) is 12.1 Å². The van der Waals surface area contributed by atoms with E-state index in [0.717, 1.165) is 30.5 Å². The Bertz CT molecular complexity index is 631. The highest BCUT2D eigenvalue weighted by Crippen LogP contribution is 2.30. The fourth-order valence-electron chi connectivity index (χ4n) is 2.78. The van der Waals surface area contributed by atoms with Gasteiger partial charge < -0.3 is 11.1 Å². The lowest BCUT2D eigenvalue weighted by molar-refractivity contribution is 0.0953. The molecule has 21 heavy (non-hydrogen) atoms. The van der Waals surface area contributed by atoms with Crippen molar-refractivity contribution < 1.29 is 4.79 Å². The molecule has 110 valence electrons. The van der Waals surface area contributed by atoms with E-state index in [9.17, 15) is 4.79 Å². The molecule has 1 aliphatic rings. The fraction of sp³-hybridized carbons (Fsp3) is 0.353. The van der Waals surface area contributed by atoms with E-state index in [1.807, 2.05) is 29.6 Å². The molecule has 0 aliphatic heterocycles. The lowest BCUT2D eigenvalue weighted by Gasteiger charge is -2.12. The van der Waals surface area contributed by atoms with E-state index in [1.165, 1.54) is 28.8 Å². The van der Waals surface area contributed by atoms with Crippen LogP contribution in [0.5, 0.6) is 0 Å². The summed E-state index contributed by atoms with van der Waals surface area (Å²) in [6.45, 7) is 0.660. The summed E-state index contributed by atoms with van der Waals surface area (Å²) >= 11 is 1.74. The summed E-state index contributed by atoms with van der Waals surface area (Å²) in [5.41, 5.74) is 9.81. The largest absolute Gasteiger partial charge is 0.399 e. The summed E-state index contributed by atoms with van der Waals surface area (Å²) in [5.74, 6) is 0.0739. The van der Waals surface area contributed by atoms with Crippen molar-refractivity contribution >= 4 is 22.9 Å². The quantitative estimate of drug-likeness (QED) is 0.852. The van der Waals surface area contributed by atoms with Gasteiger partial charge in [-0.3, -0.25) is 4.79 Å². The summed E-state index contributed by atoms with van der Waals surface area (Å²) in [6, 6.07) is 7.81. The summed E-state index contributed by atoms with van der Waals surface area (Å²) < 4.78 is 0. The molecule has 1 heterocycles. The summed E-state index contributed by atoms with van der Waals surface area (Å²) in [5, 5.41) is 5.06. The van der Waals surface area contributed by atoms with Crippen molar-refractivity contribution in [3.05, 3.63) is 51.2 Å². The summed E-state index contributed by atoms with van der Waals surface area (Å²) in [7, 11) is 0. The second kappa shape index (κ2) is 6.31. The molecular formula is C17H20N2OS. The minimum Gasteiger partial charge on any atom is -0.399 e. The molecule has 1 aromatic carbocycles. The summed E-state index contributed by atoms with van der Waals surface area (Å²) in [6.07, 6.45) is 5.48. The number of amides is 1. The number of aryl methyl sites for hydroxylation is 1. The molecule has 3 rings (SSSR count). The zero-order valence-electron chi connectivity index (χ0n) is 12.0. The third-order valence-corrected chi connectivity index (χ3v) is 5.07. The number of hydrogen-bond acceptors (Lipinski definition) is 3. The zero-order chi connectivity index (χ0) is 14.7. The van der Waals surface area contributed by atoms with E-state index in [2.05, 4.69) is 5.32 Å². The third-order valence-electron chi connectivity index (χ3n) is 3.98. The lowest BCUT2D eigenvalue weighted by atomic mass is 9.95. The van der Waals surface area contributed by atoms with Crippen LogP contribution in [0.3, 0.4) is 0 Å². The number of nitrogens with one attached hydrogen (secondary N) is 1. The molecule has 0 saturated heterocycles. The second-order valence-electron chi connectivity index (χ2n) is 5.51. The number of carbonyl (C=O) groups is 1. The second-order valence-corrected chi connectivity index (χ2v) is 6.47. The van der Waals surface area contributed by atoms with Gasteiger partial charge in [0.15, 0.2) is 0 Å². The normalized spacial score (nSPS) is 13.7. The highest BCUT2D eigenvalue weighted by molar-refractivity contribution is 7.10. The molecule has 0 saturated carbocycles. The van der Waals surface area contributed by atoms with Crippen LogP contribution in [0.4, 0.5) is 5.69 Å². The molecule has 3 N–H and O–H groups in total. The Balaban J connectivity index is 1.57. The van der Waals surface area contributed by atoms with Gasteiger partial charge in [0.2, 0.25) is 0 Å². The molecule has 0 fully saturated rings. The monoisotopic (exact) mass is 300 g/mol. The Morgan fingerprint density at radius 1 is 1.19 bits per heavy atom. The average Bonchev–Trinajstić information content (AvgIpc) is 2.93. The molecule has 1 aliphatic carbocycles. The van der Waals surface area contributed by atoms with Gasteiger partial charge >= 0.3 is 0 Å². The third kappa shape index (κ3) is 3.27. The number of nitrogens with two attached hydrogens (primary N) is 1. The Hall–Kier alpha value is -1.81. The van der Waals surface area contributed by atoms with Gasteiger partial charge in [-0.25, -0.2) is 0 Å². The Kier molecular flexibility index (Phi) is 4.25. The number of fused-ring (bicyclic) bond motifs is 1. The van der Waals surface area contributed by atoms with Crippen LogP contribution in [-0.2, 0) is 19.3 Å². The van der Waals surface area contributed by atoms with Crippen molar-refractivity contribution in [1.82, 2.24) is 5.32 Å². The van der Waals surface area contributed by atoms with E-state index in [-0.39, 0.29) is 5.91 Å². The van der Waals surface area contributed by atoms with Gasteiger partial charge in [-0.2, -0.15) is 0 Å². The molecule has 4 heteroatoms.